The average molecular weight is 354 g/mol. The summed E-state index contributed by atoms with van der Waals surface area (Å²) in [6.07, 6.45) is 1.21. The van der Waals surface area contributed by atoms with Crippen LogP contribution in [0.15, 0.2) is 22.7 Å². The molecule has 0 saturated carbocycles. The van der Waals surface area contributed by atoms with Crippen LogP contribution in [-0.4, -0.2) is 10.6 Å². The summed E-state index contributed by atoms with van der Waals surface area (Å²) < 4.78 is 0.986. The van der Waals surface area contributed by atoms with Gasteiger partial charge in [0.05, 0.1) is 4.83 Å². The summed E-state index contributed by atoms with van der Waals surface area (Å²) in [6.45, 7) is 1.86. The van der Waals surface area contributed by atoms with Crippen molar-refractivity contribution in [3.63, 3.8) is 0 Å². The quantitative estimate of drug-likeness (QED) is 0.733. The van der Waals surface area contributed by atoms with Gasteiger partial charge in [0, 0.05) is 15.9 Å². The Kier molecular flexibility index (Phi) is 5.30. The zero-order valence-electron chi connectivity index (χ0n) is 8.27. The van der Waals surface area contributed by atoms with Crippen molar-refractivity contribution in [1.82, 2.24) is 0 Å². The summed E-state index contributed by atoms with van der Waals surface area (Å²) in [5, 5.41) is 0.692. The van der Waals surface area contributed by atoms with Crippen molar-refractivity contribution in [3.8, 4) is 0 Å². The number of benzene rings is 1. The minimum atomic E-state index is -0.128. The molecule has 0 spiro atoms. The van der Waals surface area contributed by atoms with Crippen LogP contribution in [0, 0.1) is 0 Å². The van der Waals surface area contributed by atoms with Crippen LogP contribution in [0.1, 0.15) is 18.9 Å². The molecule has 1 unspecified atom stereocenters. The van der Waals surface area contributed by atoms with Gasteiger partial charge in [0.1, 0.15) is 5.78 Å². The second-order valence-corrected chi connectivity index (χ2v) is 5.62. The lowest BCUT2D eigenvalue weighted by molar-refractivity contribution is -0.118. The van der Waals surface area contributed by atoms with Crippen molar-refractivity contribution in [2.24, 2.45) is 0 Å². The lowest BCUT2D eigenvalue weighted by atomic mass is 10.1. The summed E-state index contributed by atoms with van der Waals surface area (Å²) >= 11 is 12.7. The maximum absolute atomic E-state index is 11.4. The molecule has 0 heterocycles. The number of Topliss-reactive ketones (excluding diaryl/α,β-unsaturated/α-hetero) is 1. The fourth-order valence-corrected chi connectivity index (χ4v) is 2.50. The van der Waals surface area contributed by atoms with E-state index >= 15 is 0 Å². The van der Waals surface area contributed by atoms with E-state index in [0.29, 0.717) is 17.9 Å². The van der Waals surface area contributed by atoms with Gasteiger partial charge in [-0.15, -0.1) is 0 Å². The molecular weight excluding hydrogens is 343 g/mol. The summed E-state index contributed by atoms with van der Waals surface area (Å²) in [5.41, 5.74) is 1.05. The monoisotopic (exact) mass is 352 g/mol. The van der Waals surface area contributed by atoms with E-state index in [2.05, 4.69) is 31.9 Å². The van der Waals surface area contributed by atoms with Crippen LogP contribution in [-0.2, 0) is 11.2 Å². The predicted octanol–water partition coefficient (Wildman–Crippen LogP) is 4.39. The van der Waals surface area contributed by atoms with Crippen LogP contribution >= 0.6 is 43.5 Å². The lowest BCUT2D eigenvalue weighted by Crippen LogP contribution is -2.15. The van der Waals surface area contributed by atoms with Crippen molar-refractivity contribution in [3.05, 3.63) is 33.3 Å². The molecule has 0 amide bonds. The minimum absolute atomic E-state index is 0.128. The van der Waals surface area contributed by atoms with Crippen molar-refractivity contribution < 1.29 is 4.79 Å². The van der Waals surface area contributed by atoms with Crippen molar-refractivity contribution in [2.75, 3.05) is 0 Å². The standard InChI is InChI=1S/C11H11Br2ClO/c1-2-11(15)10(13)6-7-5-8(14)3-4-9(7)12/h3-5,10H,2,6H2,1H3. The molecule has 4 heteroatoms. The van der Waals surface area contributed by atoms with Crippen molar-refractivity contribution in [1.29, 1.82) is 0 Å². The third-order valence-corrected chi connectivity index (χ3v) is 3.95. The number of rotatable bonds is 4. The Morgan fingerprint density at radius 1 is 1.53 bits per heavy atom. The molecule has 0 aliphatic carbocycles. The van der Waals surface area contributed by atoms with E-state index in [1.165, 1.54) is 0 Å². The van der Waals surface area contributed by atoms with E-state index in [9.17, 15) is 4.79 Å². The van der Waals surface area contributed by atoms with Gasteiger partial charge in [0.2, 0.25) is 0 Å². The SMILES string of the molecule is CCC(=O)C(Br)Cc1cc(Cl)ccc1Br. The van der Waals surface area contributed by atoms with Gasteiger partial charge in [-0.1, -0.05) is 50.4 Å². The first-order valence-corrected chi connectivity index (χ1v) is 6.74. The van der Waals surface area contributed by atoms with Gasteiger partial charge >= 0.3 is 0 Å². The minimum Gasteiger partial charge on any atom is -0.298 e. The predicted molar refractivity (Wildman–Crippen MR) is 70.9 cm³/mol. The van der Waals surface area contributed by atoms with E-state index < -0.39 is 0 Å². The fraction of sp³-hybridized carbons (Fsp3) is 0.364. The van der Waals surface area contributed by atoms with E-state index in [-0.39, 0.29) is 10.6 Å². The number of hydrogen-bond acceptors (Lipinski definition) is 1. The van der Waals surface area contributed by atoms with E-state index in [1.807, 2.05) is 25.1 Å². The highest BCUT2D eigenvalue weighted by molar-refractivity contribution is 9.10. The van der Waals surface area contributed by atoms with Gasteiger partial charge in [-0.2, -0.15) is 0 Å². The number of carbonyl (C=O) groups excluding carboxylic acids is 1. The summed E-state index contributed by atoms with van der Waals surface area (Å²) in [6, 6.07) is 5.59. The van der Waals surface area contributed by atoms with Gasteiger partial charge in [-0.25, -0.2) is 0 Å². The molecule has 0 aliphatic heterocycles. The lowest BCUT2D eigenvalue weighted by Gasteiger charge is -2.09. The molecule has 0 N–H and O–H groups in total. The molecule has 0 fully saturated rings. The second-order valence-electron chi connectivity index (χ2n) is 3.23. The Bertz CT molecular complexity index is 366. The van der Waals surface area contributed by atoms with E-state index in [0.717, 1.165) is 10.0 Å². The third-order valence-electron chi connectivity index (χ3n) is 2.10. The van der Waals surface area contributed by atoms with Crippen LogP contribution in [0.2, 0.25) is 5.02 Å². The Morgan fingerprint density at radius 3 is 2.80 bits per heavy atom. The molecule has 0 bridgehead atoms. The smallest absolute Gasteiger partial charge is 0.146 e. The normalized spacial score (nSPS) is 12.5. The Morgan fingerprint density at radius 2 is 2.20 bits per heavy atom. The Balaban J connectivity index is 2.80. The van der Waals surface area contributed by atoms with Gasteiger partial charge in [0.25, 0.3) is 0 Å². The van der Waals surface area contributed by atoms with Crippen LogP contribution < -0.4 is 0 Å². The van der Waals surface area contributed by atoms with Crippen LogP contribution in [0.4, 0.5) is 0 Å². The highest BCUT2D eigenvalue weighted by Gasteiger charge is 2.14. The number of halogens is 3. The van der Waals surface area contributed by atoms with E-state index in [4.69, 9.17) is 11.6 Å². The molecular formula is C11H11Br2ClO. The number of alkyl halides is 1. The van der Waals surface area contributed by atoms with Crippen LogP contribution in [0.3, 0.4) is 0 Å². The van der Waals surface area contributed by atoms with Crippen molar-refractivity contribution in [2.45, 2.75) is 24.6 Å². The Labute approximate surface area is 111 Å². The first-order valence-electron chi connectivity index (χ1n) is 4.65. The maximum atomic E-state index is 11.4. The molecule has 15 heavy (non-hydrogen) atoms. The van der Waals surface area contributed by atoms with Crippen LogP contribution in [0.5, 0.6) is 0 Å². The summed E-state index contributed by atoms with van der Waals surface area (Å²) in [5.74, 6) is 0.210. The molecule has 82 valence electrons. The number of carbonyl (C=O) groups is 1. The molecule has 1 nitrogen and oxygen atoms in total. The summed E-state index contributed by atoms with van der Waals surface area (Å²) in [7, 11) is 0. The second kappa shape index (κ2) is 6.02. The molecule has 0 aromatic heterocycles. The van der Waals surface area contributed by atoms with Crippen molar-refractivity contribution >= 4 is 49.2 Å². The highest BCUT2D eigenvalue weighted by Crippen LogP contribution is 2.24. The zero-order valence-corrected chi connectivity index (χ0v) is 12.2. The van der Waals surface area contributed by atoms with Gasteiger partial charge in [-0.05, 0) is 30.2 Å². The highest BCUT2D eigenvalue weighted by atomic mass is 79.9. The number of ketones is 1. The Hall–Kier alpha value is 0.140. The maximum Gasteiger partial charge on any atom is 0.146 e. The molecule has 1 atom stereocenters. The molecule has 1 aromatic rings. The van der Waals surface area contributed by atoms with Gasteiger partial charge < -0.3 is 0 Å². The first-order chi connectivity index (χ1) is 7.04. The third kappa shape index (κ3) is 3.89. The molecule has 1 aromatic carbocycles. The average Bonchev–Trinajstić information content (AvgIpc) is 2.22. The van der Waals surface area contributed by atoms with E-state index in [1.54, 1.807) is 0 Å². The topological polar surface area (TPSA) is 17.1 Å². The number of hydrogen-bond donors (Lipinski definition) is 0. The molecule has 0 aliphatic rings. The molecule has 0 saturated heterocycles. The molecule has 1 rings (SSSR count). The summed E-state index contributed by atoms with van der Waals surface area (Å²) in [4.78, 5) is 11.3. The fourth-order valence-electron chi connectivity index (χ4n) is 1.23. The molecule has 0 radical (unpaired) electrons. The van der Waals surface area contributed by atoms with Gasteiger partial charge in [0.15, 0.2) is 0 Å². The zero-order chi connectivity index (χ0) is 11.4. The first kappa shape index (κ1) is 13.2. The largest absolute Gasteiger partial charge is 0.298 e. The van der Waals surface area contributed by atoms with Crippen LogP contribution in [0.25, 0.3) is 0 Å². The van der Waals surface area contributed by atoms with Gasteiger partial charge in [-0.3, -0.25) is 4.79 Å².